The number of hydrogen-bond acceptors (Lipinski definition) is 10. The lowest BCUT2D eigenvalue weighted by Gasteiger charge is -2.42. The highest BCUT2D eigenvalue weighted by Gasteiger charge is 2.50. The van der Waals surface area contributed by atoms with Gasteiger partial charge in [-0.2, -0.15) is 15.1 Å². The number of carbonyl (C=O) groups is 2. The second kappa shape index (κ2) is 13.5. The minimum atomic E-state index is -0.897. The van der Waals surface area contributed by atoms with Crippen molar-refractivity contribution in [1.29, 1.82) is 0 Å². The molecule has 0 spiro atoms. The molecule has 54 heavy (non-hydrogen) atoms. The van der Waals surface area contributed by atoms with Crippen LogP contribution in [0.4, 0.5) is 20.7 Å². The van der Waals surface area contributed by atoms with Crippen molar-refractivity contribution in [3.8, 4) is 6.01 Å². The number of aromatic nitrogens is 4. The molecule has 9 rings (SSSR count). The molecule has 3 aromatic rings. The SMILES string of the molecule is Cc1cc2c(cnn2C2CCCCO2)c(N2CCc3c(nc(OC[C@@]45CCCN4C[C@H](F)C5)nc3N3CC4CCC(C3)N4C(=O)OC(C)(C)C)C2=O)c1Cl. The van der Waals surface area contributed by atoms with Gasteiger partial charge >= 0.3 is 12.1 Å². The van der Waals surface area contributed by atoms with Crippen LogP contribution < -0.4 is 14.5 Å². The van der Waals surface area contributed by atoms with E-state index in [4.69, 9.17) is 40.9 Å². The summed E-state index contributed by atoms with van der Waals surface area (Å²) in [5, 5.41) is 6.01. The van der Waals surface area contributed by atoms with Crippen molar-refractivity contribution >= 4 is 46.0 Å². The topological polar surface area (TPSA) is 118 Å². The van der Waals surface area contributed by atoms with Gasteiger partial charge in [-0.15, -0.1) is 0 Å². The number of carbonyl (C=O) groups excluding carboxylic acids is 2. The predicted molar refractivity (Wildman–Crippen MR) is 201 cm³/mol. The lowest BCUT2D eigenvalue weighted by molar-refractivity contribution is -0.0366. The predicted octanol–water partition coefficient (Wildman–Crippen LogP) is 6.23. The first-order chi connectivity index (χ1) is 25.9. The number of hydrogen-bond donors (Lipinski definition) is 0. The third-order valence-corrected chi connectivity index (χ3v) is 12.8. The molecular formula is C39H50ClFN8O5. The maximum atomic E-state index is 14.8. The van der Waals surface area contributed by atoms with E-state index < -0.39 is 17.3 Å². The van der Waals surface area contributed by atoms with Crippen LogP contribution in [-0.4, -0.2) is 117 Å². The third kappa shape index (κ3) is 6.16. The first-order valence-electron chi connectivity index (χ1n) is 19.7. The molecule has 15 heteroatoms. The molecule has 2 bridgehead atoms. The minimum Gasteiger partial charge on any atom is -0.461 e. The lowest BCUT2D eigenvalue weighted by atomic mass is 9.95. The van der Waals surface area contributed by atoms with Gasteiger partial charge in [-0.3, -0.25) is 14.6 Å². The first-order valence-corrected chi connectivity index (χ1v) is 20.1. The molecule has 13 nitrogen and oxygen atoms in total. The van der Waals surface area contributed by atoms with Gasteiger partial charge in [0.15, 0.2) is 6.23 Å². The summed E-state index contributed by atoms with van der Waals surface area (Å²) in [7, 11) is 0. The van der Waals surface area contributed by atoms with Crippen LogP contribution in [-0.2, 0) is 15.9 Å². The largest absolute Gasteiger partial charge is 0.461 e. The molecule has 0 saturated carbocycles. The maximum Gasteiger partial charge on any atom is 0.410 e. The van der Waals surface area contributed by atoms with Crippen LogP contribution >= 0.6 is 11.6 Å². The number of fused-ring (bicyclic) bond motifs is 5. The number of nitrogens with zero attached hydrogens (tertiary/aromatic N) is 8. The highest BCUT2D eigenvalue weighted by Crippen LogP contribution is 2.44. The molecule has 5 fully saturated rings. The van der Waals surface area contributed by atoms with Crippen LogP contribution in [0.5, 0.6) is 6.01 Å². The summed E-state index contributed by atoms with van der Waals surface area (Å²) in [5.41, 5.74) is 2.34. The van der Waals surface area contributed by atoms with Crippen LogP contribution in [0.1, 0.15) is 100.0 Å². The Kier molecular flexibility index (Phi) is 8.96. The van der Waals surface area contributed by atoms with Gasteiger partial charge in [0.25, 0.3) is 5.91 Å². The number of aryl methyl sites for hydroxylation is 1. The zero-order valence-electron chi connectivity index (χ0n) is 31.7. The lowest BCUT2D eigenvalue weighted by Crippen LogP contribution is -2.57. The number of benzene rings is 1. The Morgan fingerprint density at radius 1 is 1.09 bits per heavy atom. The summed E-state index contributed by atoms with van der Waals surface area (Å²) < 4.78 is 34.9. The highest BCUT2D eigenvalue weighted by molar-refractivity contribution is 6.37. The summed E-state index contributed by atoms with van der Waals surface area (Å²) in [6, 6.07) is 2.01. The first kappa shape index (κ1) is 35.9. The van der Waals surface area contributed by atoms with E-state index in [2.05, 4.69) is 9.80 Å². The van der Waals surface area contributed by atoms with E-state index in [0.717, 1.165) is 73.5 Å². The molecule has 8 heterocycles. The number of amides is 2. The molecule has 1 aromatic carbocycles. The summed E-state index contributed by atoms with van der Waals surface area (Å²) in [6.45, 7) is 11.2. The Hall–Kier alpha value is -3.75. The van der Waals surface area contributed by atoms with E-state index >= 15 is 0 Å². The number of anilines is 2. The smallest absolute Gasteiger partial charge is 0.410 e. The molecule has 0 aliphatic carbocycles. The average molecular weight is 765 g/mol. The van der Waals surface area contributed by atoms with Gasteiger partial charge in [0, 0.05) is 50.2 Å². The highest BCUT2D eigenvalue weighted by atomic mass is 35.5. The van der Waals surface area contributed by atoms with Crippen LogP contribution in [0.3, 0.4) is 0 Å². The molecule has 6 aliphatic rings. The number of rotatable bonds is 6. The van der Waals surface area contributed by atoms with Crippen molar-refractivity contribution in [2.24, 2.45) is 0 Å². The van der Waals surface area contributed by atoms with Gasteiger partial charge in [-0.05, 0) is 97.2 Å². The van der Waals surface area contributed by atoms with Crippen molar-refractivity contribution < 1.29 is 28.2 Å². The standard InChI is InChI=1S/C39H50ClFN8O5/c1-23-16-29-28(18-42-49(29)30-8-5-6-15-52-30)33(31(23)40)47-14-11-27-32(35(47)50)43-36(53-22-39-12-7-13-46(39)19-24(41)17-39)44-34(27)45-20-25-9-10-26(21-45)48(25)37(51)54-38(2,3)4/h16,18,24-26,30H,5-15,17,19-22H2,1-4H3/t24-,25?,26?,30?,39+/m1/s1. The van der Waals surface area contributed by atoms with Gasteiger partial charge < -0.3 is 24.0 Å². The van der Waals surface area contributed by atoms with Gasteiger partial charge in [0.2, 0.25) is 0 Å². The van der Waals surface area contributed by atoms with Gasteiger partial charge in [0.05, 0.1) is 40.0 Å². The van der Waals surface area contributed by atoms with Crippen molar-refractivity contribution in [3.05, 3.63) is 34.1 Å². The van der Waals surface area contributed by atoms with Crippen molar-refractivity contribution in [3.63, 3.8) is 0 Å². The van der Waals surface area contributed by atoms with E-state index in [1.807, 2.05) is 43.3 Å². The fourth-order valence-corrected chi connectivity index (χ4v) is 10.1. The second-order valence-electron chi connectivity index (χ2n) is 17.1. The molecule has 5 atom stereocenters. The zero-order valence-corrected chi connectivity index (χ0v) is 32.4. The molecule has 0 radical (unpaired) electrons. The van der Waals surface area contributed by atoms with Crippen molar-refractivity contribution in [2.75, 3.05) is 55.7 Å². The Bertz CT molecular complexity index is 1970. The Balaban J connectivity index is 1.07. The normalized spacial score (nSPS) is 28.6. The van der Waals surface area contributed by atoms with Gasteiger partial charge in [0.1, 0.15) is 29.9 Å². The van der Waals surface area contributed by atoms with E-state index in [1.54, 1.807) is 11.1 Å². The molecule has 6 aliphatic heterocycles. The number of ether oxygens (including phenoxy) is 3. The molecular weight excluding hydrogens is 715 g/mol. The zero-order chi connectivity index (χ0) is 37.5. The van der Waals surface area contributed by atoms with Crippen LogP contribution in [0.15, 0.2) is 12.3 Å². The number of halogens is 2. The number of alkyl halides is 1. The van der Waals surface area contributed by atoms with E-state index in [1.165, 1.54) is 0 Å². The molecule has 0 N–H and O–H groups in total. The van der Waals surface area contributed by atoms with Crippen molar-refractivity contribution in [2.45, 2.75) is 121 Å². The quantitative estimate of drug-likeness (QED) is 0.286. The number of piperazine rings is 1. The summed E-state index contributed by atoms with van der Waals surface area (Å²) in [5.74, 6) is 0.364. The molecule has 3 unspecified atom stereocenters. The Morgan fingerprint density at radius 2 is 1.89 bits per heavy atom. The second-order valence-corrected chi connectivity index (χ2v) is 17.5. The molecule has 5 saturated heterocycles. The van der Waals surface area contributed by atoms with Gasteiger partial charge in [-0.1, -0.05) is 11.6 Å². The third-order valence-electron chi connectivity index (χ3n) is 12.3. The van der Waals surface area contributed by atoms with Crippen molar-refractivity contribution in [1.82, 2.24) is 29.5 Å². The monoisotopic (exact) mass is 764 g/mol. The minimum absolute atomic E-state index is 0.0562. The van der Waals surface area contributed by atoms with Crippen LogP contribution in [0.25, 0.3) is 10.9 Å². The van der Waals surface area contributed by atoms with E-state index in [9.17, 15) is 14.0 Å². The molecule has 290 valence electrons. The molecule has 2 aromatic heterocycles. The van der Waals surface area contributed by atoms with Crippen LogP contribution in [0.2, 0.25) is 5.02 Å². The van der Waals surface area contributed by atoms with Gasteiger partial charge in [-0.25, -0.2) is 13.9 Å². The summed E-state index contributed by atoms with van der Waals surface area (Å²) in [4.78, 5) is 46.0. The van der Waals surface area contributed by atoms with E-state index in [-0.39, 0.29) is 48.6 Å². The molecule has 2 amide bonds. The fourth-order valence-electron chi connectivity index (χ4n) is 9.87. The summed E-state index contributed by atoms with van der Waals surface area (Å²) in [6.07, 6.45) is 7.81. The van der Waals surface area contributed by atoms with E-state index in [0.29, 0.717) is 62.2 Å². The Labute approximate surface area is 320 Å². The summed E-state index contributed by atoms with van der Waals surface area (Å²) >= 11 is 7.08. The Morgan fingerprint density at radius 3 is 2.63 bits per heavy atom. The fraction of sp³-hybridized carbons (Fsp3) is 0.667. The maximum absolute atomic E-state index is 14.8. The average Bonchev–Trinajstić information content (AvgIpc) is 3.87. The van der Waals surface area contributed by atoms with Crippen LogP contribution in [0, 0.1) is 6.92 Å².